The number of benzene rings is 2. The van der Waals surface area contributed by atoms with Crippen LogP contribution in [0, 0.1) is 21.3 Å². The van der Waals surface area contributed by atoms with Crippen molar-refractivity contribution in [2.24, 2.45) is 0 Å². The molecule has 3 nitrogen and oxygen atoms in total. The Morgan fingerprint density at radius 3 is 1.79 bits per heavy atom. The van der Waals surface area contributed by atoms with E-state index in [1.54, 1.807) is 0 Å². The smallest absolute Gasteiger partial charge is 0.138 e. The van der Waals surface area contributed by atoms with E-state index in [1.165, 1.54) is 17.3 Å². The Morgan fingerprint density at radius 2 is 1.29 bits per heavy atom. The van der Waals surface area contributed by atoms with Crippen LogP contribution in [-0.4, -0.2) is 5.60 Å². The number of thioether (sulfide) groups is 2. The summed E-state index contributed by atoms with van der Waals surface area (Å²) in [6.07, 6.45) is 0. The lowest BCUT2D eigenvalue weighted by Crippen LogP contribution is -2.23. The van der Waals surface area contributed by atoms with Crippen LogP contribution in [0.15, 0.2) is 58.3 Å². The highest BCUT2D eigenvalue weighted by atomic mass is 32.2. The van der Waals surface area contributed by atoms with Gasteiger partial charge in [0.15, 0.2) is 0 Å². The van der Waals surface area contributed by atoms with Crippen LogP contribution in [0.4, 0.5) is 0 Å². The van der Waals surface area contributed by atoms with Crippen LogP contribution in [0.2, 0.25) is 0 Å². The Bertz CT molecular complexity index is 784. The number of para-hydroxylation sites is 1. The molecule has 0 aliphatic rings. The van der Waals surface area contributed by atoms with Crippen molar-refractivity contribution in [3.05, 3.63) is 54.1 Å². The molecule has 0 aliphatic heterocycles. The van der Waals surface area contributed by atoms with Crippen LogP contribution in [0.1, 0.15) is 59.9 Å². The summed E-state index contributed by atoms with van der Waals surface area (Å²) in [5.74, 6) is 1.26. The molecule has 0 spiro atoms. The van der Waals surface area contributed by atoms with E-state index in [9.17, 15) is 0 Å². The minimum atomic E-state index is -0.230. The lowest BCUT2D eigenvalue weighted by molar-refractivity contribution is 0.127. The van der Waals surface area contributed by atoms with Gasteiger partial charge in [-0.3, -0.25) is 0 Å². The quantitative estimate of drug-likeness (QED) is 0.376. The molecule has 0 saturated carbocycles. The summed E-state index contributed by atoms with van der Waals surface area (Å²) in [6.45, 7) is 14.2. The van der Waals surface area contributed by atoms with Gasteiger partial charge in [0.25, 0.3) is 0 Å². The molecular formula is C23H30N2OS2. The zero-order chi connectivity index (χ0) is 21.6. The van der Waals surface area contributed by atoms with Gasteiger partial charge in [0, 0.05) is 4.90 Å². The van der Waals surface area contributed by atoms with Crippen LogP contribution < -0.4 is 4.74 Å². The second-order valence-electron chi connectivity index (χ2n) is 6.74. The average Bonchev–Trinajstić information content (AvgIpc) is 2.65. The van der Waals surface area contributed by atoms with Crippen molar-refractivity contribution in [3.8, 4) is 16.6 Å². The normalized spacial score (nSPS) is 9.79. The molecule has 2 aromatic carbocycles. The largest absolute Gasteiger partial charge is 0.487 e. The molecule has 2 rings (SSSR count). The van der Waals surface area contributed by atoms with E-state index >= 15 is 0 Å². The topological polar surface area (TPSA) is 56.8 Å². The lowest BCUT2D eigenvalue weighted by Gasteiger charge is -2.22. The Morgan fingerprint density at radius 1 is 0.821 bits per heavy atom. The number of hydrogen-bond donors (Lipinski definition) is 0. The van der Waals surface area contributed by atoms with Gasteiger partial charge in [-0.25, -0.2) is 0 Å². The number of rotatable bonds is 4. The average molecular weight is 415 g/mol. The second kappa shape index (κ2) is 14.0. The fraction of sp³-hybridized carbons (Fsp3) is 0.391. The molecule has 0 radical (unpaired) electrons. The highest BCUT2D eigenvalue weighted by Gasteiger charge is 2.14. The maximum atomic E-state index is 8.60. The van der Waals surface area contributed by atoms with E-state index in [0.717, 1.165) is 27.3 Å². The Labute approximate surface area is 179 Å². The zero-order valence-corrected chi connectivity index (χ0v) is 19.4. The third kappa shape index (κ3) is 10.3. The van der Waals surface area contributed by atoms with Crippen LogP contribution in [0.25, 0.3) is 0 Å². The van der Waals surface area contributed by atoms with Crippen molar-refractivity contribution in [2.75, 3.05) is 0 Å². The number of hydrogen-bond acceptors (Lipinski definition) is 5. The number of thiocyanates is 2. The minimum absolute atomic E-state index is 0.230. The Balaban J connectivity index is 0.000000483. The molecule has 0 aliphatic carbocycles. The maximum Gasteiger partial charge on any atom is 0.138 e. The van der Waals surface area contributed by atoms with Gasteiger partial charge in [0.2, 0.25) is 0 Å². The minimum Gasteiger partial charge on any atom is -0.487 e. The fourth-order valence-corrected chi connectivity index (χ4v) is 3.22. The highest BCUT2D eigenvalue weighted by Crippen LogP contribution is 2.30. The monoisotopic (exact) mass is 414 g/mol. The summed E-state index contributed by atoms with van der Waals surface area (Å²) in [5, 5.41) is 21.3. The van der Waals surface area contributed by atoms with Gasteiger partial charge in [0.05, 0.1) is 4.90 Å². The van der Waals surface area contributed by atoms with Crippen LogP contribution in [-0.2, 0) is 0 Å². The van der Waals surface area contributed by atoms with Gasteiger partial charge in [-0.05, 0) is 74.0 Å². The van der Waals surface area contributed by atoms with Crippen molar-refractivity contribution in [1.29, 1.82) is 10.5 Å². The van der Waals surface area contributed by atoms with Gasteiger partial charge in [0.1, 0.15) is 22.2 Å². The lowest BCUT2D eigenvalue weighted by atomic mass is 10.0. The third-order valence-electron chi connectivity index (χ3n) is 3.12. The van der Waals surface area contributed by atoms with E-state index in [0.29, 0.717) is 5.92 Å². The van der Waals surface area contributed by atoms with Gasteiger partial charge in [-0.2, -0.15) is 10.5 Å². The van der Waals surface area contributed by atoms with Gasteiger partial charge in [-0.1, -0.05) is 58.0 Å². The molecule has 150 valence electrons. The third-order valence-corrected chi connectivity index (χ3v) is 4.45. The van der Waals surface area contributed by atoms with Crippen LogP contribution in [0.5, 0.6) is 5.75 Å². The predicted molar refractivity (Wildman–Crippen MR) is 122 cm³/mol. The number of ether oxygens (including phenoxy) is 1. The molecule has 0 N–H and O–H groups in total. The Kier molecular flexibility index (Phi) is 13.0. The van der Waals surface area contributed by atoms with E-state index in [1.807, 2.05) is 82.5 Å². The second-order valence-corrected chi connectivity index (χ2v) is 8.39. The molecule has 0 amide bonds. The first kappa shape index (κ1) is 25.9. The van der Waals surface area contributed by atoms with Gasteiger partial charge in [-0.15, -0.1) is 0 Å². The first-order valence-electron chi connectivity index (χ1n) is 9.27. The molecule has 0 fully saturated rings. The molecule has 0 unspecified atom stereocenters. The molecule has 0 atom stereocenters. The van der Waals surface area contributed by atoms with Gasteiger partial charge < -0.3 is 4.74 Å². The summed E-state index contributed by atoms with van der Waals surface area (Å²) in [6, 6.07) is 15.6. The first-order chi connectivity index (χ1) is 13.3. The molecule has 5 heteroatoms. The van der Waals surface area contributed by atoms with Crippen LogP contribution >= 0.6 is 23.5 Å². The Hall–Kier alpha value is -2.08. The molecule has 0 bridgehead atoms. The molecule has 0 aromatic heterocycles. The predicted octanol–water partition coefficient (Wildman–Crippen LogP) is 7.85. The summed E-state index contributed by atoms with van der Waals surface area (Å²) in [7, 11) is 0. The summed E-state index contributed by atoms with van der Waals surface area (Å²) in [5.41, 5.74) is 1.02. The van der Waals surface area contributed by atoms with Crippen molar-refractivity contribution < 1.29 is 4.74 Å². The van der Waals surface area contributed by atoms with Crippen molar-refractivity contribution in [2.45, 2.75) is 69.8 Å². The molecule has 0 heterocycles. The van der Waals surface area contributed by atoms with E-state index in [4.69, 9.17) is 15.3 Å². The van der Waals surface area contributed by atoms with Gasteiger partial charge >= 0.3 is 0 Å². The molecule has 28 heavy (non-hydrogen) atoms. The van der Waals surface area contributed by atoms with Crippen molar-refractivity contribution >= 4 is 23.5 Å². The van der Waals surface area contributed by atoms with E-state index in [-0.39, 0.29) is 5.60 Å². The van der Waals surface area contributed by atoms with Crippen LogP contribution in [0.3, 0.4) is 0 Å². The summed E-state index contributed by atoms with van der Waals surface area (Å²) >= 11 is 2.36. The zero-order valence-electron chi connectivity index (χ0n) is 17.8. The fourth-order valence-electron chi connectivity index (χ4n) is 2.10. The number of nitriles is 2. The SMILES string of the molecule is CC.CC(C)(C)Oc1ccccc1SC#N.CC(C)c1ccccc1SC#N. The summed E-state index contributed by atoms with van der Waals surface area (Å²) in [4.78, 5) is 1.94. The highest BCUT2D eigenvalue weighted by molar-refractivity contribution is 8.04. The van der Waals surface area contributed by atoms with Crippen molar-refractivity contribution in [1.82, 2.24) is 0 Å². The van der Waals surface area contributed by atoms with E-state index in [2.05, 4.69) is 25.3 Å². The number of nitrogens with zero attached hydrogens (tertiary/aromatic N) is 2. The van der Waals surface area contributed by atoms with Crippen molar-refractivity contribution in [3.63, 3.8) is 0 Å². The first-order valence-corrected chi connectivity index (χ1v) is 10.9. The molecule has 0 saturated heterocycles. The standard InChI is InChI=1S/C11H13NOS.C10H11NS.C2H6/c1-11(2,3)13-9-6-4-5-7-10(9)14-8-12;1-8(2)9-5-3-4-6-10(9)12-7-11;1-2/h4-7H,1-3H3;3-6,8H,1-2H3;1-2H3. The summed E-state index contributed by atoms with van der Waals surface area (Å²) < 4.78 is 5.71. The molecule has 2 aromatic rings. The molecular weight excluding hydrogens is 384 g/mol. The van der Waals surface area contributed by atoms with E-state index < -0.39 is 0 Å². The maximum absolute atomic E-state index is 8.60.